The maximum Gasteiger partial charge on any atom is 0.182 e. The lowest BCUT2D eigenvalue weighted by atomic mass is 10.2. The van der Waals surface area contributed by atoms with E-state index < -0.39 is 17.5 Å². The van der Waals surface area contributed by atoms with Crippen LogP contribution >= 0.6 is 0 Å². The summed E-state index contributed by atoms with van der Waals surface area (Å²) in [6, 6.07) is 1.86. The van der Waals surface area contributed by atoms with Gasteiger partial charge in [0.05, 0.1) is 5.69 Å². The molecule has 0 radical (unpaired) electrons. The van der Waals surface area contributed by atoms with Gasteiger partial charge in [-0.05, 0) is 19.4 Å². The number of hydrogen-bond donors (Lipinski definition) is 1. The average Bonchev–Trinajstić information content (AvgIpc) is 2.59. The molecule has 1 aliphatic heterocycles. The fourth-order valence-electron chi connectivity index (χ4n) is 2.26. The fraction of sp³-hybridized carbons (Fsp3) is 0.538. The minimum atomic E-state index is -1.13. The molecule has 0 bridgehead atoms. The molecule has 5 heteroatoms. The second-order valence-corrected chi connectivity index (χ2v) is 4.58. The third kappa shape index (κ3) is 2.77. The Kier molecular flexibility index (Phi) is 4.11. The van der Waals surface area contributed by atoms with Crippen molar-refractivity contribution in [1.29, 1.82) is 0 Å². The molecule has 1 atom stereocenters. The monoisotopic (exact) mass is 258 g/mol. The first-order chi connectivity index (χ1) is 8.61. The highest BCUT2D eigenvalue weighted by Gasteiger charge is 2.21. The predicted molar refractivity (Wildman–Crippen MR) is 65.2 cm³/mol. The molecule has 18 heavy (non-hydrogen) atoms. The van der Waals surface area contributed by atoms with Gasteiger partial charge >= 0.3 is 0 Å². The topological polar surface area (TPSA) is 15.3 Å². The lowest BCUT2D eigenvalue weighted by Crippen LogP contribution is -2.37. The Labute approximate surface area is 105 Å². The molecule has 1 saturated heterocycles. The Morgan fingerprint density at radius 2 is 2.11 bits per heavy atom. The second-order valence-electron chi connectivity index (χ2n) is 4.58. The molecule has 0 saturated carbocycles. The molecule has 0 aromatic heterocycles. The third-order valence-corrected chi connectivity index (χ3v) is 3.29. The van der Waals surface area contributed by atoms with Crippen molar-refractivity contribution in [2.24, 2.45) is 0 Å². The molecule has 1 aromatic carbocycles. The summed E-state index contributed by atoms with van der Waals surface area (Å²) in [6.45, 7) is 4.04. The molecular weight excluding hydrogens is 241 g/mol. The fourth-order valence-corrected chi connectivity index (χ4v) is 2.26. The molecule has 0 amide bonds. The number of anilines is 1. The van der Waals surface area contributed by atoms with Crippen LogP contribution in [0.15, 0.2) is 12.1 Å². The van der Waals surface area contributed by atoms with Crippen molar-refractivity contribution >= 4 is 5.69 Å². The normalized spacial score (nSPS) is 20.9. The minimum absolute atomic E-state index is 0.0228. The van der Waals surface area contributed by atoms with E-state index in [9.17, 15) is 13.2 Å². The van der Waals surface area contributed by atoms with Gasteiger partial charge in [0.25, 0.3) is 0 Å². The van der Waals surface area contributed by atoms with Crippen LogP contribution in [-0.4, -0.2) is 25.7 Å². The Bertz CT molecular complexity index is 423. The minimum Gasteiger partial charge on any atom is -0.367 e. The summed E-state index contributed by atoms with van der Waals surface area (Å²) in [5.41, 5.74) is 0.0228. The molecule has 1 N–H and O–H groups in total. The Morgan fingerprint density at radius 3 is 2.83 bits per heavy atom. The number of nitrogens with one attached hydrogen (secondary N) is 1. The molecule has 100 valence electrons. The molecule has 0 aliphatic carbocycles. The second kappa shape index (κ2) is 5.61. The van der Waals surface area contributed by atoms with Crippen molar-refractivity contribution in [1.82, 2.24) is 5.32 Å². The van der Waals surface area contributed by atoms with Crippen LogP contribution in [0.5, 0.6) is 0 Å². The number of rotatable bonds is 2. The van der Waals surface area contributed by atoms with Gasteiger partial charge in [0, 0.05) is 31.3 Å². The van der Waals surface area contributed by atoms with Crippen molar-refractivity contribution < 1.29 is 13.2 Å². The molecule has 0 spiro atoms. The summed E-state index contributed by atoms with van der Waals surface area (Å²) in [6.07, 6.45) is 1.73. The zero-order chi connectivity index (χ0) is 13.1. The standard InChI is InChI=1S/C13H17F3N2/c1-2-10-8-18(5-3-4-17-10)12-7-9(14)6-11(15)13(12)16/h6-7,10,17H,2-5,8H2,1H3. The zero-order valence-electron chi connectivity index (χ0n) is 10.3. The van der Waals surface area contributed by atoms with Crippen molar-refractivity contribution in [3.05, 3.63) is 29.6 Å². The van der Waals surface area contributed by atoms with Crippen LogP contribution in [-0.2, 0) is 0 Å². The van der Waals surface area contributed by atoms with Crippen LogP contribution in [0, 0.1) is 17.5 Å². The Balaban J connectivity index is 2.29. The molecule has 1 fully saturated rings. The zero-order valence-corrected chi connectivity index (χ0v) is 10.3. The van der Waals surface area contributed by atoms with Crippen LogP contribution in [0.4, 0.5) is 18.9 Å². The number of nitrogens with zero attached hydrogens (tertiary/aromatic N) is 1. The van der Waals surface area contributed by atoms with Crippen molar-refractivity contribution in [2.45, 2.75) is 25.8 Å². The predicted octanol–water partition coefficient (Wildman–Crippen LogP) is 2.68. The van der Waals surface area contributed by atoms with E-state index in [2.05, 4.69) is 5.32 Å². The van der Waals surface area contributed by atoms with Crippen LogP contribution in [0.2, 0.25) is 0 Å². The van der Waals surface area contributed by atoms with Crippen LogP contribution < -0.4 is 10.2 Å². The summed E-state index contributed by atoms with van der Waals surface area (Å²) in [7, 11) is 0. The van der Waals surface area contributed by atoms with E-state index in [-0.39, 0.29) is 11.7 Å². The van der Waals surface area contributed by atoms with Gasteiger partial charge < -0.3 is 10.2 Å². The highest BCUT2D eigenvalue weighted by Crippen LogP contribution is 2.24. The largest absolute Gasteiger partial charge is 0.367 e. The number of benzene rings is 1. The Hall–Kier alpha value is -1.23. The maximum absolute atomic E-state index is 13.7. The van der Waals surface area contributed by atoms with Gasteiger partial charge in [-0.2, -0.15) is 0 Å². The van der Waals surface area contributed by atoms with Gasteiger partial charge in [-0.15, -0.1) is 0 Å². The summed E-state index contributed by atoms with van der Waals surface area (Å²) in [5, 5.41) is 3.33. The van der Waals surface area contributed by atoms with Gasteiger partial charge in [-0.25, -0.2) is 13.2 Å². The first-order valence-corrected chi connectivity index (χ1v) is 6.24. The van der Waals surface area contributed by atoms with Gasteiger partial charge in [-0.3, -0.25) is 0 Å². The van der Waals surface area contributed by atoms with E-state index >= 15 is 0 Å². The molecule has 1 aliphatic rings. The molecular formula is C13H17F3N2. The lowest BCUT2D eigenvalue weighted by molar-refractivity contribution is 0.488. The SMILES string of the molecule is CCC1CN(c2cc(F)cc(F)c2F)CCCN1. The van der Waals surface area contributed by atoms with Crippen LogP contribution in [0.3, 0.4) is 0 Å². The molecule has 1 aromatic rings. The van der Waals surface area contributed by atoms with E-state index in [1.54, 1.807) is 4.90 Å². The van der Waals surface area contributed by atoms with Crippen LogP contribution in [0.1, 0.15) is 19.8 Å². The first-order valence-electron chi connectivity index (χ1n) is 6.24. The summed E-state index contributed by atoms with van der Waals surface area (Å²) >= 11 is 0. The first kappa shape index (κ1) is 13.2. The van der Waals surface area contributed by atoms with E-state index in [1.807, 2.05) is 6.92 Å². The third-order valence-electron chi connectivity index (χ3n) is 3.29. The van der Waals surface area contributed by atoms with Crippen molar-refractivity contribution in [3.8, 4) is 0 Å². The van der Waals surface area contributed by atoms with E-state index in [4.69, 9.17) is 0 Å². The maximum atomic E-state index is 13.7. The quantitative estimate of drug-likeness (QED) is 0.820. The van der Waals surface area contributed by atoms with Gasteiger partial charge in [0.15, 0.2) is 11.6 Å². The van der Waals surface area contributed by atoms with Gasteiger partial charge in [0.2, 0.25) is 0 Å². The van der Waals surface area contributed by atoms with E-state index in [0.29, 0.717) is 19.2 Å². The molecule has 1 unspecified atom stereocenters. The Morgan fingerprint density at radius 1 is 1.33 bits per heavy atom. The number of hydrogen-bond acceptors (Lipinski definition) is 2. The van der Waals surface area contributed by atoms with Crippen molar-refractivity contribution in [3.63, 3.8) is 0 Å². The van der Waals surface area contributed by atoms with Gasteiger partial charge in [-0.1, -0.05) is 6.92 Å². The lowest BCUT2D eigenvalue weighted by Gasteiger charge is -2.26. The van der Waals surface area contributed by atoms with Gasteiger partial charge in [0.1, 0.15) is 5.82 Å². The molecule has 1 heterocycles. The molecule has 2 rings (SSSR count). The molecule has 2 nitrogen and oxygen atoms in total. The number of halogens is 3. The summed E-state index contributed by atoms with van der Waals surface area (Å²) in [4.78, 5) is 1.72. The smallest absolute Gasteiger partial charge is 0.182 e. The van der Waals surface area contributed by atoms with E-state index in [1.165, 1.54) is 0 Å². The average molecular weight is 258 g/mol. The van der Waals surface area contributed by atoms with E-state index in [0.717, 1.165) is 25.5 Å². The van der Waals surface area contributed by atoms with Crippen molar-refractivity contribution in [2.75, 3.05) is 24.5 Å². The summed E-state index contributed by atoms with van der Waals surface area (Å²) in [5.74, 6) is -2.84. The highest BCUT2D eigenvalue weighted by atomic mass is 19.2. The van der Waals surface area contributed by atoms with Crippen LogP contribution in [0.25, 0.3) is 0 Å². The highest BCUT2D eigenvalue weighted by molar-refractivity contribution is 5.49. The summed E-state index contributed by atoms with van der Waals surface area (Å²) < 4.78 is 40.1.